The molecule has 0 saturated carbocycles. The van der Waals surface area contributed by atoms with Gasteiger partial charge < -0.3 is 10.1 Å². The first-order chi connectivity index (χ1) is 9.53. The second-order valence-corrected chi connectivity index (χ2v) is 6.38. The quantitative estimate of drug-likeness (QED) is 0.791. The second kappa shape index (κ2) is 6.34. The summed E-state index contributed by atoms with van der Waals surface area (Å²) in [6, 6.07) is 5.68. The van der Waals surface area contributed by atoms with Gasteiger partial charge in [-0.15, -0.1) is 0 Å². The number of sulfonamides is 1. The van der Waals surface area contributed by atoms with Gasteiger partial charge in [0, 0.05) is 6.04 Å². The number of ether oxygens (including phenoxy) is 1. The van der Waals surface area contributed by atoms with Gasteiger partial charge in [0.2, 0.25) is 10.0 Å². The number of methoxy groups -OCH3 is 1. The highest BCUT2D eigenvalue weighted by atomic mass is 32.2. The first-order valence-corrected chi connectivity index (χ1v) is 7.92. The van der Waals surface area contributed by atoms with Gasteiger partial charge in [0.15, 0.2) is 0 Å². The number of benzene rings is 1. The standard InChI is InChI=1S/C13H18N2O4S/c1-19-13(16)10-2-4-12(5-3-10)20(17,18)15-11-6-8-14-9-7-11/h2-5,11,14-15H,6-9H2,1H3. The summed E-state index contributed by atoms with van der Waals surface area (Å²) in [6.45, 7) is 1.63. The zero-order valence-electron chi connectivity index (χ0n) is 11.3. The Morgan fingerprint density at radius 1 is 1.25 bits per heavy atom. The fourth-order valence-electron chi connectivity index (χ4n) is 2.12. The van der Waals surface area contributed by atoms with Crippen molar-refractivity contribution in [2.75, 3.05) is 20.2 Å². The molecule has 2 rings (SSSR count). The lowest BCUT2D eigenvalue weighted by Gasteiger charge is -2.23. The number of hydrogen-bond donors (Lipinski definition) is 2. The summed E-state index contributed by atoms with van der Waals surface area (Å²) in [6.07, 6.45) is 1.55. The molecule has 6 nitrogen and oxygen atoms in total. The number of carbonyl (C=O) groups excluding carboxylic acids is 1. The Balaban J connectivity index is 2.10. The van der Waals surface area contributed by atoms with Crippen molar-refractivity contribution < 1.29 is 17.9 Å². The third kappa shape index (κ3) is 3.56. The summed E-state index contributed by atoms with van der Waals surface area (Å²) >= 11 is 0. The molecule has 1 heterocycles. The molecule has 0 spiro atoms. The van der Waals surface area contributed by atoms with E-state index < -0.39 is 16.0 Å². The zero-order valence-corrected chi connectivity index (χ0v) is 12.1. The summed E-state index contributed by atoms with van der Waals surface area (Å²) in [4.78, 5) is 11.5. The second-order valence-electron chi connectivity index (χ2n) is 4.66. The highest BCUT2D eigenvalue weighted by Crippen LogP contribution is 2.13. The van der Waals surface area contributed by atoms with Gasteiger partial charge in [-0.3, -0.25) is 0 Å². The van der Waals surface area contributed by atoms with E-state index in [1.807, 2.05) is 0 Å². The Hall–Kier alpha value is -1.44. The van der Waals surface area contributed by atoms with E-state index in [0.717, 1.165) is 25.9 Å². The Morgan fingerprint density at radius 3 is 2.40 bits per heavy atom. The molecule has 0 radical (unpaired) electrons. The molecule has 1 aromatic rings. The van der Waals surface area contributed by atoms with Gasteiger partial charge in [0.25, 0.3) is 0 Å². The molecular formula is C13H18N2O4S. The summed E-state index contributed by atoms with van der Waals surface area (Å²) in [7, 11) is -2.26. The fourth-order valence-corrected chi connectivity index (χ4v) is 3.42. The van der Waals surface area contributed by atoms with Crippen molar-refractivity contribution in [1.82, 2.24) is 10.0 Å². The van der Waals surface area contributed by atoms with Crippen molar-refractivity contribution in [3.05, 3.63) is 29.8 Å². The molecule has 1 aliphatic heterocycles. The zero-order chi connectivity index (χ0) is 14.6. The van der Waals surface area contributed by atoms with E-state index in [0.29, 0.717) is 5.56 Å². The molecule has 0 unspecified atom stereocenters. The minimum atomic E-state index is -3.54. The lowest BCUT2D eigenvalue weighted by Crippen LogP contribution is -2.42. The number of piperidine rings is 1. The number of rotatable bonds is 4. The van der Waals surface area contributed by atoms with Crippen molar-refractivity contribution in [1.29, 1.82) is 0 Å². The molecule has 1 aliphatic rings. The normalized spacial score (nSPS) is 16.9. The van der Waals surface area contributed by atoms with Gasteiger partial charge in [-0.05, 0) is 50.2 Å². The van der Waals surface area contributed by atoms with Crippen LogP contribution in [0, 0.1) is 0 Å². The van der Waals surface area contributed by atoms with Crippen LogP contribution in [-0.2, 0) is 14.8 Å². The minimum Gasteiger partial charge on any atom is -0.465 e. The van der Waals surface area contributed by atoms with Crippen molar-refractivity contribution in [3.8, 4) is 0 Å². The summed E-state index contributed by atoms with van der Waals surface area (Å²) < 4.78 is 31.7. The number of hydrogen-bond acceptors (Lipinski definition) is 5. The van der Waals surface area contributed by atoms with Gasteiger partial charge in [0.05, 0.1) is 17.6 Å². The van der Waals surface area contributed by atoms with Crippen LogP contribution in [-0.4, -0.2) is 40.6 Å². The van der Waals surface area contributed by atoms with Crippen LogP contribution >= 0.6 is 0 Å². The monoisotopic (exact) mass is 298 g/mol. The topological polar surface area (TPSA) is 84.5 Å². The lowest BCUT2D eigenvalue weighted by molar-refractivity contribution is 0.0600. The first kappa shape index (κ1) is 15.0. The molecule has 1 saturated heterocycles. The predicted octanol–water partition coefficient (Wildman–Crippen LogP) is 0.503. The van der Waals surface area contributed by atoms with Crippen molar-refractivity contribution in [2.24, 2.45) is 0 Å². The molecule has 110 valence electrons. The molecule has 0 aromatic heterocycles. The maximum atomic E-state index is 12.2. The van der Waals surface area contributed by atoms with Crippen LogP contribution < -0.4 is 10.0 Å². The summed E-state index contributed by atoms with van der Waals surface area (Å²) in [5.74, 6) is -0.486. The summed E-state index contributed by atoms with van der Waals surface area (Å²) in [5.41, 5.74) is 0.327. The predicted molar refractivity (Wildman–Crippen MR) is 74.0 cm³/mol. The number of esters is 1. The van der Waals surface area contributed by atoms with Crippen LogP contribution in [0.2, 0.25) is 0 Å². The fraction of sp³-hybridized carbons (Fsp3) is 0.462. The van der Waals surface area contributed by atoms with E-state index in [9.17, 15) is 13.2 Å². The SMILES string of the molecule is COC(=O)c1ccc(S(=O)(=O)NC2CCNCC2)cc1. The maximum Gasteiger partial charge on any atom is 0.337 e. The summed E-state index contributed by atoms with van der Waals surface area (Å²) in [5, 5.41) is 3.18. The molecule has 0 amide bonds. The van der Waals surface area contributed by atoms with Gasteiger partial charge >= 0.3 is 5.97 Å². The Bertz CT molecular complexity index is 563. The van der Waals surface area contributed by atoms with Crippen LogP contribution in [0.3, 0.4) is 0 Å². The molecule has 1 aromatic carbocycles. The molecule has 0 atom stereocenters. The lowest BCUT2D eigenvalue weighted by atomic mass is 10.1. The molecule has 0 bridgehead atoms. The van der Waals surface area contributed by atoms with E-state index in [-0.39, 0.29) is 10.9 Å². The van der Waals surface area contributed by atoms with Gasteiger partial charge in [-0.2, -0.15) is 0 Å². The van der Waals surface area contributed by atoms with Crippen molar-refractivity contribution in [3.63, 3.8) is 0 Å². The van der Waals surface area contributed by atoms with Crippen LogP contribution in [0.25, 0.3) is 0 Å². The van der Waals surface area contributed by atoms with Crippen LogP contribution in [0.15, 0.2) is 29.2 Å². The molecule has 2 N–H and O–H groups in total. The van der Waals surface area contributed by atoms with E-state index in [4.69, 9.17) is 0 Å². The van der Waals surface area contributed by atoms with Crippen LogP contribution in [0.4, 0.5) is 0 Å². The van der Waals surface area contributed by atoms with Crippen LogP contribution in [0.5, 0.6) is 0 Å². The molecule has 20 heavy (non-hydrogen) atoms. The molecule has 1 fully saturated rings. The Kier molecular flexibility index (Phi) is 4.74. The molecular weight excluding hydrogens is 280 g/mol. The average Bonchev–Trinajstić information content (AvgIpc) is 2.47. The first-order valence-electron chi connectivity index (χ1n) is 6.44. The van der Waals surface area contributed by atoms with E-state index in [2.05, 4.69) is 14.8 Å². The number of nitrogens with one attached hydrogen (secondary N) is 2. The Morgan fingerprint density at radius 2 is 1.85 bits per heavy atom. The van der Waals surface area contributed by atoms with Crippen LogP contribution in [0.1, 0.15) is 23.2 Å². The van der Waals surface area contributed by atoms with Gasteiger partial charge in [-0.1, -0.05) is 0 Å². The third-order valence-electron chi connectivity index (χ3n) is 3.25. The third-order valence-corrected chi connectivity index (χ3v) is 4.78. The van der Waals surface area contributed by atoms with Gasteiger partial charge in [0.1, 0.15) is 0 Å². The van der Waals surface area contributed by atoms with E-state index in [1.54, 1.807) is 0 Å². The van der Waals surface area contributed by atoms with Gasteiger partial charge in [-0.25, -0.2) is 17.9 Å². The molecule has 7 heteroatoms. The minimum absolute atomic E-state index is 0.0402. The van der Waals surface area contributed by atoms with Crippen molar-refractivity contribution >= 4 is 16.0 Å². The highest BCUT2D eigenvalue weighted by molar-refractivity contribution is 7.89. The van der Waals surface area contributed by atoms with E-state index in [1.165, 1.54) is 31.4 Å². The molecule has 0 aliphatic carbocycles. The highest BCUT2D eigenvalue weighted by Gasteiger charge is 2.21. The van der Waals surface area contributed by atoms with Crippen molar-refractivity contribution in [2.45, 2.75) is 23.8 Å². The Labute approximate surface area is 118 Å². The average molecular weight is 298 g/mol. The largest absolute Gasteiger partial charge is 0.465 e. The van der Waals surface area contributed by atoms with E-state index >= 15 is 0 Å². The number of carbonyl (C=O) groups is 1. The smallest absolute Gasteiger partial charge is 0.337 e. The maximum absolute atomic E-state index is 12.2.